The molecule has 0 saturated carbocycles. The minimum Gasteiger partial charge on any atom is -0.481 e. The molecule has 0 unspecified atom stereocenters. The molecule has 0 rings (SSSR count). The van der Waals surface area contributed by atoms with Crippen molar-refractivity contribution in [1.29, 1.82) is 0 Å². The number of nitrogens with one attached hydrogen (secondary N) is 1. The van der Waals surface area contributed by atoms with Gasteiger partial charge < -0.3 is 10.4 Å². The Kier molecular flexibility index (Phi) is 3.68. The lowest BCUT2D eigenvalue weighted by Gasteiger charge is -2.28. The van der Waals surface area contributed by atoms with Crippen LogP contribution in [-0.4, -0.2) is 22.5 Å². The number of hydrogen-bond acceptors (Lipinski definition) is 2. The van der Waals surface area contributed by atoms with Crippen molar-refractivity contribution < 1.29 is 14.7 Å². The average Bonchev–Trinajstić information content (AvgIpc) is 1.79. The summed E-state index contributed by atoms with van der Waals surface area (Å²) in [7, 11) is 0. The molecule has 0 bridgehead atoms. The Hall–Kier alpha value is -1.06. The minimum absolute atomic E-state index is 0.0746. The molecule has 4 heteroatoms. The molecule has 0 saturated heterocycles. The predicted molar refractivity (Wildman–Crippen MR) is 53.9 cm³/mol. The van der Waals surface area contributed by atoms with Crippen LogP contribution in [-0.2, 0) is 9.59 Å². The first-order chi connectivity index (χ1) is 6.04. The lowest BCUT2D eigenvalue weighted by Crippen LogP contribution is -2.49. The van der Waals surface area contributed by atoms with E-state index in [9.17, 15) is 9.59 Å². The molecule has 0 radical (unpaired) electrons. The van der Waals surface area contributed by atoms with Gasteiger partial charge in [0.2, 0.25) is 5.91 Å². The van der Waals surface area contributed by atoms with Gasteiger partial charge in [-0.1, -0.05) is 20.8 Å². The van der Waals surface area contributed by atoms with Crippen LogP contribution in [0.3, 0.4) is 0 Å². The molecule has 4 nitrogen and oxygen atoms in total. The third-order valence-corrected chi connectivity index (χ3v) is 1.73. The molecule has 0 atom stereocenters. The normalized spacial score (nSPS) is 12.4. The highest BCUT2D eigenvalue weighted by Gasteiger charge is 2.29. The standard InChI is InChI=1S/C10H19NO3/c1-9(2,3)8(14)11-10(4,5)6-7(12)13/h6H2,1-5H3,(H,11,14)(H,12,13). The largest absolute Gasteiger partial charge is 0.481 e. The van der Waals surface area contributed by atoms with E-state index in [1.165, 1.54) is 0 Å². The van der Waals surface area contributed by atoms with Crippen LogP contribution in [0.5, 0.6) is 0 Å². The Balaban J connectivity index is 4.37. The van der Waals surface area contributed by atoms with Crippen molar-refractivity contribution in [2.45, 2.75) is 46.6 Å². The summed E-state index contributed by atoms with van der Waals surface area (Å²) in [6, 6.07) is 0. The summed E-state index contributed by atoms with van der Waals surface area (Å²) in [4.78, 5) is 22.1. The van der Waals surface area contributed by atoms with Gasteiger partial charge in [0, 0.05) is 11.0 Å². The zero-order valence-electron chi connectivity index (χ0n) is 9.47. The third-order valence-electron chi connectivity index (χ3n) is 1.73. The molecule has 0 aliphatic carbocycles. The molecular formula is C10H19NO3. The Labute approximate surface area is 84.7 Å². The third kappa shape index (κ3) is 4.84. The van der Waals surface area contributed by atoms with E-state index in [1.807, 2.05) is 0 Å². The second kappa shape index (κ2) is 3.98. The SMILES string of the molecule is CC(C)(CC(=O)O)NC(=O)C(C)(C)C. The molecule has 0 aromatic heterocycles. The van der Waals surface area contributed by atoms with E-state index in [2.05, 4.69) is 5.32 Å². The number of rotatable bonds is 3. The van der Waals surface area contributed by atoms with Gasteiger partial charge in [-0.05, 0) is 13.8 Å². The van der Waals surface area contributed by atoms with E-state index in [1.54, 1.807) is 34.6 Å². The first-order valence-electron chi connectivity index (χ1n) is 4.59. The Morgan fingerprint density at radius 3 is 1.86 bits per heavy atom. The summed E-state index contributed by atoms with van der Waals surface area (Å²) < 4.78 is 0. The van der Waals surface area contributed by atoms with Gasteiger partial charge in [-0.15, -0.1) is 0 Å². The van der Waals surface area contributed by atoms with Gasteiger partial charge in [-0.3, -0.25) is 9.59 Å². The zero-order chi connectivity index (χ0) is 11.6. The van der Waals surface area contributed by atoms with Crippen molar-refractivity contribution in [1.82, 2.24) is 5.32 Å². The molecule has 82 valence electrons. The van der Waals surface area contributed by atoms with Gasteiger partial charge in [0.25, 0.3) is 0 Å². The fourth-order valence-corrected chi connectivity index (χ4v) is 0.917. The van der Waals surface area contributed by atoms with Gasteiger partial charge >= 0.3 is 5.97 Å². The van der Waals surface area contributed by atoms with Crippen LogP contribution in [0.2, 0.25) is 0 Å². The summed E-state index contributed by atoms with van der Waals surface area (Å²) in [6.07, 6.45) is -0.0746. The monoisotopic (exact) mass is 201 g/mol. The summed E-state index contributed by atoms with van der Waals surface area (Å²) in [6.45, 7) is 8.77. The van der Waals surface area contributed by atoms with Gasteiger partial charge in [-0.25, -0.2) is 0 Å². The molecule has 0 aliphatic rings. The Morgan fingerprint density at radius 2 is 1.57 bits per heavy atom. The summed E-state index contributed by atoms with van der Waals surface area (Å²) >= 11 is 0. The van der Waals surface area contributed by atoms with Crippen LogP contribution in [0.1, 0.15) is 41.0 Å². The molecule has 2 N–H and O–H groups in total. The summed E-state index contributed by atoms with van der Waals surface area (Å²) in [5.74, 6) is -1.05. The van der Waals surface area contributed by atoms with Gasteiger partial charge in [0.1, 0.15) is 0 Å². The molecule has 0 fully saturated rings. The van der Waals surface area contributed by atoms with E-state index in [-0.39, 0.29) is 12.3 Å². The van der Waals surface area contributed by atoms with Crippen molar-refractivity contribution in [3.63, 3.8) is 0 Å². The van der Waals surface area contributed by atoms with Crippen molar-refractivity contribution in [2.75, 3.05) is 0 Å². The van der Waals surface area contributed by atoms with Crippen LogP contribution >= 0.6 is 0 Å². The zero-order valence-corrected chi connectivity index (χ0v) is 9.47. The fraction of sp³-hybridized carbons (Fsp3) is 0.800. The van der Waals surface area contributed by atoms with E-state index >= 15 is 0 Å². The van der Waals surface area contributed by atoms with Crippen molar-refractivity contribution >= 4 is 11.9 Å². The number of carboxylic acid groups (broad SMARTS) is 1. The molecular weight excluding hydrogens is 182 g/mol. The topological polar surface area (TPSA) is 66.4 Å². The summed E-state index contributed by atoms with van der Waals surface area (Å²) in [5.41, 5.74) is -1.19. The van der Waals surface area contributed by atoms with Crippen LogP contribution in [0.15, 0.2) is 0 Å². The van der Waals surface area contributed by atoms with Crippen molar-refractivity contribution in [3.05, 3.63) is 0 Å². The van der Waals surface area contributed by atoms with Crippen LogP contribution in [0.25, 0.3) is 0 Å². The highest BCUT2D eigenvalue weighted by atomic mass is 16.4. The molecule has 1 amide bonds. The highest BCUT2D eigenvalue weighted by molar-refractivity contribution is 5.82. The highest BCUT2D eigenvalue weighted by Crippen LogP contribution is 2.16. The number of aliphatic carboxylic acids is 1. The van der Waals surface area contributed by atoms with Crippen LogP contribution < -0.4 is 5.32 Å². The molecule has 0 heterocycles. The first kappa shape index (κ1) is 12.9. The predicted octanol–water partition coefficient (Wildman–Crippen LogP) is 1.40. The summed E-state index contributed by atoms with van der Waals surface area (Å²) in [5, 5.41) is 11.3. The molecule has 0 aliphatic heterocycles. The van der Waals surface area contributed by atoms with Gasteiger partial charge in [0.05, 0.1) is 6.42 Å². The van der Waals surface area contributed by atoms with Crippen LogP contribution in [0.4, 0.5) is 0 Å². The first-order valence-corrected chi connectivity index (χ1v) is 4.59. The molecule has 0 aromatic rings. The van der Waals surface area contributed by atoms with Gasteiger partial charge in [-0.2, -0.15) is 0 Å². The Morgan fingerprint density at radius 1 is 1.14 bits per heavy atom. The van der Waals surface area contributed by atoms with E-state index in [0.717, 1.165) is 0 Å². The molecule has 14 heavy (non-hydrogen) atoms. The maximum atomic E-state index is 11.6. The fourth-order valence-electron chi connectivity index (χ4n) is 0.917. The smallest absolute Gasteiger partial charge is 0.305 e. The number of carbonyl (C=O) groups is 2. The average molecular weight is 201 g/mol. The Bertz CT molecular complexity index is 238. The van der Waals surface area contributed by atoms with Crippen molar-refractivity contribution in [2.24, 2.45) is 5.41 Å². The van der Waals surface area contributed by atoms with E-state index in [0.29, 0.717) is 0 Å². The molecule has 0 spiro atoms. The lowest BCUT2D eigenvalue weighted by atomic mass is 9.92. The molecule has 0 aromatic carbocycles. The number of carboxylic acids is 1. The van der Waals surface area contributed by atoms with E-state index in [4.69, 9.17) is 5.11 Å². The lowest BCUT2D eigenvalue weighted by molar-refractivity contribution is -0.139. The maximum absolute atomic E-state index is 11.6. The maximum Gasteiger partial charge on any atom is 0.305 e. The number of amides is 1. The second-order valence-corrected chi connectivity index (χ2v) is 5.16. The van der Waals surface area contributed by atoms with Crippen molar-refractivity contribution in [3.8, 4) is 0 Å². The van der Waals surface area contributed by atoms with E-state index < -0.39 is 16.9 Å². The van der Waals surface area contributed by atoms with Gasteiger partial charge in [0.15, 0.2) is 0 Å². The number of hydrogen-bond donors (Lipinski definition) is 2. The quantitative estimate of drug-likeness (QED) is 0.725. The second-order valence-electron chi connectivity index (χ2n) is 5.16. The minimum atomic E-state index is -0.913. The number of carbonyl (C=O) groups excluding carboxylic acids is 1. The van der Waals surface area contributed by atoms with Crippen LogP contribution in [0, 0.1) is 5.41 Å².